The fraction of sp³-hybridized carbons (Fsp3) is 0.133. The Morgan fingerprint density at radius 3 is 2.42 bits per heavy atom. The summed E-state index contributed by atoms with van der Waals surface area (Å²) in [6.07, 6.45) is 1.59. The maximum atomic E-state index is 12.1. The molecular weight excluding hydrogens is 258 g/mol. The molecule has 1 atom stereocenters. The molecule has 0 aliphatic carbocycles. The first-order valence-corrected chi connectivity index (χ1v) is 7.43. The molecule has 0 saturated heterocycles. The number of carbonyl (C=O) groups excluding carboxylic acids is 1. The predicted molar refractivity (Wildman–Crippen MR) is 77.9 cm³/mol. The van der Waals surface area contributed by atoms with Crippen molar-refractivity contribution in [3.63, 3.8) is 0 Å². The smallest absolute Gasteiger partial charge is 0.255 e. The molecule has 2 rings (SSSR count). The lowest BCUT2D eigenvalue weighted by Gasteiger charge is -2.06. The summed E-state index contributed by atoms with van der Waals surface area (Å²) in [5.41, 5.74) is 2.40. The zero-order chi connectivity index (χ0) is 13.8. The van der Waals surface area contributed by atoms with E-state index in [-0.39, 0.29) is 5.91 Å². The maximum absolute atomic E-state index is 12.1. The van der Waals surface area contributed by atoms with Crippen molar-refractivity contribution in [1.29, 1.82) is 0 Å². The third kappa shape index (κ3) is 3.51. The Bertz CT molecular complexity index is 620. The zero-order valence-corrected chi connectivity index (χ0v) is 11.7. The van der Waals surface area contributed by atoms with Crippen LogP contribution in [-0.4, -0.2) is 16.4 Å². The molecule has 0 aromatic heterocycles. The van der Waals surface area contributed by atoms with Gasteiger partial charge in [0.2, 0.25) is 0 Å². The largest absolute Gasteiger partial charge is 0.322 e. The van der Waals surface area contributed by atoms with Gasteiger partial charge in [0.1, 0.15) is 0 Å². The number of anilines is 1. The standard InChI is InChI=1S/C15H15NO2S/c1-11-6-8-13(9-7-11)16-15(17)12-4-3-5-14(10-12)19(2)18/h3-10H,1-2H3,(H,16,17). The molecule has 0 bridgehead atoms. The van der Waals surface area contributed by atoms with Crippen LogP contribution < -0.4 is 5.32 Å². The molecule has 0 aliphatic rings. The summed E-state index contributed by atoms with van der Waals surface area (Å²) < 4.78 is 11.4. The van der Waals surface area contributed by atoms with Gasteiger partial charge in [-0.2, -0.15) is 0 Å². The Kier molecular flexibility index (Phi) is 4.12. The summed E-state index contributed by atoms with van der Waals surface area (Å²) in [4.78, 5) is 12.7. The highest BCUT2D eigenvalue weighted by Crippen LogP contribution is 2.13. The third-order valence-corrected chi connectivity index (χ3v) is 3.66. The highest BCUT2D eigenvalue weighted by atomic mass is 32.2. The first-order valence-electron chi connectivity index (χ1n) is 5.88. The summed E-state index contributed by atoms with van der Waals surface area (Å²) >= 11 is 0. The molecule has 0 saturated carbocycles. The first kappa shape index (κ1) is 13.5. The van der Waals surface area contributed by atoms with Crippen LogP contribution in [0.5, 0.6) is 0 Å². The second-order valence-corrected chi connectivity index (χ2v) is 5.68. The van der Waals surface area contributed by atoms with Gasteiger partial charge >= 0.3 is 0 Å². The minimum Gasteiger partial charge on any atom is -0.322 e. The molecule has 1 N–H and O–H groups in total. The van der Waals surface area contributed by atoms with Crippen molar-refractivity contribution in [3.05, 3.63) is 59.7 Å². The number of amides is 1. The molecule has 2 aromatic rings. The van der Waals surface area contributed by atoms with Crippen LogP contribution in [-0.2, 0) is 10.8 Å². The van der Waals surface area contributed by atoms with Crippen LogP contribution in [0.2, 0.25) is 0 Å². The number of benzene rings is 2. The van der Waals surface area contributed by atoms with Gasteiger partial charge in [0.05, 0.1) is 0 Å². The molecule has 0 radical (unpaired) electrons. The number of hydrogen-bond acceptors (Lipinski definition) is 2. The lowest BCUT2D eigenvalue weighted by molar-refractivity contribution is 0.102. The Hall–Kier alpha value is -1.94. The molecular formula is C15H15NO2S. The van der Waals surface area contributed by atoms with E-state index in [1.54, 1.807) is 30.5 Å². The van der Waals surface area contributed by atoms with Crippen LogP contribution in [0.3, 0.4) is 0 Å². The third-order valence-electron chi connectivity index (χ3n) is 2.74. The number of nitrogens with one attached hydrogen (secondary N) is 1. The Balaban J connectivity index is 2.18. The highest BCUT2D eigenvalue weighted by Gasteiger charge is 2.07. The highest BCUT2D eigenvalue weighted by molar-refractivity contribution is 7.84. The van der Waals surface area contributed by atoms with E-state index in [9.17, 15) is 9.00 Å². The van der Waals surface area contributed by atoms with Crippen molar-refractivity contribution in [2.24, 2.45) is 0 Å². The van der Waals surface area contributed by atoms with Crippen LogP contribution in [0.15, 0.2) is 53.4 Å². The molecule has 1 amide bonds. The van der Waals surface area contributed by atoms with E-state index in [4.69, 9.17) is 0 Å². The molecule has 19 heavy (non-hydrogen) atoms. The van der Waals surface area contributed by atoms with E-state index in [1.165, 1.54) is 0 Å². The lowest BCUT2D eigenvalue weighted by Crippen LogP contribution is -2.12. The number of carbonyl (C=O) groups is 1. The molecule has 98 valence electrons. The number of aryl methyl sites for hydroxylation is 1. The quantitative estimate of drug-likeness (QED) is 0.934. The van der Waals surface area contributed by atoms with E-state index >= 15 is 0 Å². The van der Waals surface area contributed by atoms with Gasteiger partial charge in [-0.3, -0.25) is 9.00 Å². The second-order valence-electron chi connectivity index (χ2n) is 4.30. The van der Waals surface area contributed by atoms with Crippen LogP contribution in [0, 0.1) is 6.92 Å². The molecule has 0 heterocycles. The molecule has 1 unspecified atom stereocenters. The van der Waals surface area contributed by atoms with E-state index in [2.05, 4.69) is 5.32 Å². The minimum absolute atomic E-state index is 0.198. The molecule has 2 aromatic carbocycles. The average Bonchev–Trinajstić information content (AvgIpc) is 2.41. The Morgan fingerprint density at radius 1 is 1.11 bits per heavy atom. The van der Waals surface area contributed by atoms with E-state index in [0.717, 1.165) is 11.3 Å². The van der Waals surface area contributed by atoms with Crippen molar-refractivity contribution < 1.29 is 9.00 Å². The Morgan fingerprint density at radius 2 is 1.79 bits per heavy atom. The summed E-state index contributed by atoms with van der Waals surface area (Å²) in [6.45, 7) is 1.99. The SMILES string of the molecule is Cc1ccc(NC(=O)c2cccc(S(C)=O)c2)cc1. The van der Waals surface area contributed by atoms with Crippen molar-refractivity contribution >= 4 is 22.4 Å². The lowest BCUT2D eigenvalue weighted by atomic mass is 10.2. The minimum atomic E-state index is -1.09. The van der Waals surface area contributed by atoms with Gasteiger partial charge in [0.15, 0.2) is 0 Å². The van der Waals surface area contributed by atoms with Gasteiger partial charge in [-0.25, -0.2) is 0 Å². The van der Waals surface area contributed by atoms with E-state index < -0.39 is 10.8 Å². The maximum Gasteiger partial charge on any atom is 0.255 e. The van der Waals surface area contributed by atoms with Crippen molar-refractivity contribution in [2.45, 2.75) is 11.8 Å². The first-order chi connectivity index (χ1) is 9.06. The second kappa shape index (κ2) is 5.80. The van der Waals surface area contributed by atoms with E-state index in [1.807, 2.05) is 31.2 Å². The fourth-order valence-electron chi connectivity index (χ4n) is 1.66. The van der Waals surface area contributed by atoms with E-state index in [0.29, 0.717) is 10.5 Å². The predicted octanol–water partition coefficient (Wildman–Crippen LogP) is 2.98. The van der Waals surface area contributed by atoms with Crippen LogP contribution in [0.4, 0.5) is 5.69 Å². The molecule has 0 spiro atoms. The zero-order valence-electron chi connectivity index (χ0n) is 10.8. The van der Waals surface area contributed by atoms with Gasteiger partial charge in [0.25, 0.3) is 5.91 Å². The normalized spacial score (nSPS) is 11.9. The summed E-state index contributed by atoms with van der Waals surface area (Å²) in [5.74, 6) is -0.198. The van der Waals surface area contributed by atoms with Crippen LogP contribution >= 0.6 is 0 Å². The van der Waals surface area contributed by atoms with Gasteiger partial charge < -0.3 is 5.32 Å². The topological polar surface area (TPSA) is 46.2 Å². The van der Waals surface area contributed by atoms with Crippen LogP contribution in [0.25, 0.3) is 0 Å². The monoisotopic (exact) mass is 273 g/mol. The van der Waals surface area contributed by atoms with Crippen molar-refractivity contribution in [1.82, 2.24) is 0 Å². The number of hydrogen-bond donors (Lipinski definition) is 1. The van der Waals surface area contributed by atoms with Crippen molar-refractivity contribution in [3.8, 4) is 0 Å². The summed E-state index contributed by atoms with van der Waals surface area (Å²) in [6, 6.07) is 14.4. The van der Waals surface area contributed by atoms with Crippen LogP contribution in [0.1, 0.15) is 15.9 Å². The average molecular weight is 273 g/mol. The van der Waals surface area contributed by atoms with Gasteiger partial charge in [-0.15, -0.1) is 0 Å². The van der Waals surface area contributed by atoms with Crippen molar-refractivity contribution in [2.75, 3.05) is 11.6 Å². The number of rotatable bonds is 3. The van der Waals surface area contributed by atoms with Gasteiger partial charge in [0, 0.05) is 33.2 Å². The Labute approximate surface area is 115 Å². The molecule has 0 fully saturated rings. The fourth-order valence-corrected chi connectivity index (χ4v) is 2.22. The molecule has 4 heteroatoms. The molecule has 0 aliphatic heterocycles. The van der Waals surface area contributed by atoms with Gasteiger partial charge in [-0.05, 0) is 37.3 Å². The van der Waals surface area contributed by atoms with Gasteiger partial charge in [-0.1, -0.05) is 23.8 Å². The molecule has 3 nitrogen and oxygen atoms in total. The summed E-state index contributed by atoms with van der Waals surface area (Å²) in [7, 11) is -1.09. The summed E-state index contributed by atoms with van der Waals surface area (Å²) in [5, 5.41) is 2.81.